The molecular formula is C26H34N2O8S2. The van der Waals surface area contributed by atoms with E-state index in [1.54, 1.807) is 60.7 Å². The highest BCUT2D eigenvalue weighted by atomic mass is 32.2. The Morgan fingerprint density at radius 3 is 1.26 bits per heavy atom. The van der Waals surface area contributed by atoms with E-state index in [1.165, 1.54) is 27.7 Å². The number of rotatable bonds is 14. The number of nitrogens with one attached hydrogen (secondary N) is 2. The second-order valence-electron chi connectivity index (χ2n) is 8.94. The van der Waals surface area contributed by atoms with Gasteiger partial charge in [-0.25, -0.2) is 35.9 Å². The SMILES string of the molecule is CC(C)S(=O)(=O)N[C@@H](COC(=O)/C=C/C(=O)OC[C@H](NS(=O)(=O)C(C)C)c1ccccc1)c1ccccc1. The summed E-state index contributed by atoms with van der Waals surface area (Å²) in [6.07, 6.45) is 1.72. The fourth-order valence-electron chi connectivity index (χ4n) is 3.00. The molecule has 0 aliphatic heterocycles. The van der Waals surface area contributed by atoms with Gasteiger partial charge < -0.3 is 9.47 Å². The molecule has 0 heterocycles. The van der Waals surface area contributed by atoms with Gasteiger partial charge in [0, 0.05) is 12.2 Å². The summed E-state index contributed by atoms with van der Waals surface area (Å²) in [5.74, 6) is -1.77. The van der Waals surface area contributed by atoms with E-state index in [0.29, 0.717) is 11.1 Å². The molecule has 2 rings (SSSR count). The second kappa shape index (κ2) is 14.2. The minimum absolute atomic E-state index is 0.304. The van der Waals surface area contributed by atoms with E-state index in [-0.39, 0.29) is 13.2 Å². The minimum atomic E-state index is -3.66. The van der Waals surface area contributed by atoms with E-state index in [9.17, 15) is 26.4 Å². The van der Waals surface area contributed by atoms with E-state index in [0.717, 1.165) is 12.2 Å². The molecule has 0 spiro atoms. The van der Waals surface area contributed by atoms with Crippen LogP contribution in [-0.4, -0.2) is 52.5 Å². The van der Waals surface area contributed by atoms with Gasteiger partial charge in [-0.05, 0) is 38.8 Å². The average Bonchev–Trinajstić information content (AvgIpc) is 2.88. The number of sulfonamides is 2. The zero-order valence-corrected chi connectivity index (χ0v) is 23.4. The van der Waals surface area contributed by atoms with Gasteiger partial charge in [-0.2, -0.15) is 0 Å². The first-order valence-electron chi connectivity index (χ1n) is 12.0. The molecule has 12 heteroatoms. The maximum atomic E-state index is 12.4. The molecule has 0 fully saturated rings. The van der Waals surface area contributed by atoms with E-state index in [2.05, 4.69) is 9.44 Å². The van der Waals surface area contributed by atoms with E-state index >= 15 is 0 Å². The largest absolute Gasteiger partial charge is 0.460 e. The van der Waals surface area contributed by atoms with E-state index < -0.39 is 54.6 Å². The molecule has 2 aromatic rings. The third-order valence-corrected chi connectivity index (χ3v) is 9.11. The van der Waals surface area contributed by atoms with Crippen LogP contribution in [0.2, 0.25) is 0 Å². The zero-order valence-electron chi connectivity index (χ0n) is 21.7. The molecule has 2 aromatic carbocycles. The lowest BCUT2D eigenvalue weighted by atomic mass is 10.1. The number of hydrogen-bond acceptors (Lipinski definition) is 8. The number of carbonyl (C=O) groups excluding carboxylic acids is 2. The average molecular weight is 567 g/mol. The van der Waals surface area contributed by atoms with Crippen LogP contribution < -0.4 is 9.44 Å². The molecular weight excluding hydrogens is 532 g/mol. The zero-order chi connectivity index (χ0) is 28.3. The van der Waals surface area contributed by atoms with E-state index in [4.69, 9.17) is 9.47 Å². The molecule has 0 saturated carbocycles. The monoisotopic (exact) mass is 566 g/mol. The summed E-state index contributed by atoms with van der Waals surface area (Å²) >= 11 is 0. The van der Waals surface area contributed by atoms with Crippen molar-refractivity contribution in [3.05, 3.63) is 83.9 Å². The topological polar surface area (TPSA) is 145 Å². The molecule has 0 aromatic heterocycles. The van der Waals surface area contributed by atoms with Gasteiger partial charge in [-0.3, -0.25) is 0 Å². The molecule has 0 unspecified atom stereocenters. The first-order chi connectivity index (χ1) is 17.8. The van der Waals surface area contributed by atoms with Crippen molar-refractivity contribution in [2.24, 2.45) is 0 Å². The molecule has 2 N–H and O–H groups in total. The Labute approximate surface area is 224 Å². The Morgan fingerprint density at radius 2 is 0.974 bits per heavy atom. The van der Waals surface area contributed by atoms with E-state index in [1.807, 2.05) is 0 Å². The molecule has 2 atom stereocenters. The van der Waals surface area contributed by atoms with Crippen LogP contribution in [0, 0.1) is 0 Å². The van der Waals surface area contributed by atoms with Gasteiger partial charge >= 0.3 is 11.9 Å². The summed E-state index contributed by atoms with van der Waals surface area (Å²) in [7, 11) is -7.32. The van der Waals surface area contributed by atoms with Crippen molar-refractivity contribution in [2.45, 2.75) is 50.3 Å². The predicted octanol–water partition coefficient (Wildman–Crippen LogP) is 2.77. The quantitative estimate of drug-likeness (QED) is 0.262. The standard InChI is InChI=1S/C26H34N2O8S2/c1-19(2)37(31,32)27-23(21-11-7-5-8-12-21)17-35-25(29)15-16-26(30)36-18-24(22-13-9-6-10-14-22)28-38(33,34)20(3)4/h5-16,19-20,23-24,27-28H,17-18H2,1-4H3/b16-15+/t23-,24-/m0/s1. The normalized spacial score (nSPS) is 13.9. The molecule has 10 nitrogen and oxygen atoms in total. The van der Waals surface area contributed by atoms with Gasteiger partial charge in [-0.1, -0.05) is 60.7 Å². The first-order valence-corrected chi connectivity index (χ1v) is 15.0. The van der Waals surface area contributed by atoms with Gasteiger partial charge in [0.1, 0.15) is 13.2 Å². The van der Waals surface area contributed by atoms with Crippen molar-refractivity contribution >= 4 is 32.0 Å². The minimum Gasteiger partial charge on any atom is -0.460 e. The number of esters is 2. The van der Waals surface area contributed by atoms with Crippen LogP contribution in [0.1, 0.15) is 50.9 Å². The lowest BCUT2D eigenvalue weighted by Crippen LogP contribution is -2.36. The van der Waals surface area contributed by atoms with Crippen LogP contribution in [0.15, 0.2) is 72.8 Å². The fraction of sp³-hybridized carbons (Fsp3) is 0.385. The van der Waals surface area contributed by atoms with Crippen LogP contribution in [0.5, 0.6) is 0 Å². The Balaban J connectivity index is 2.00. The highest BCUT2D eigenvalue weighted by molar-refractivity contribution is 7.90. The number of ether oxygens (including phenoxy) is 2. The van der Waals surface area contributed by atoms with Crippen LogP contribution in [0.4, 0.5) is 0 Å². The van der Waals surface area contributed by atoms with Gasteiger partial charge in [0.05, 0.1) is 22.6 Å². The summed E-state index contributed by atoms with van der Waals surface area (Å²) in [5, 5.41) is -1.38. The van der Waals surface area contributed by atoms with Crippen LogP contribution in [0.3, 0.4) is 0 Å². The smallest absolute Gasteiger partial charge is 0.331 e. The molecule has 0 aliphatic rings. The van der Waals surface area contributed by atoms with Crippen LogP contribution in [-0.2, 0) is 39.1 Å². The summed E-state index contributed by atoms with van der Waals surface area (Å²) in [6, 6.07) is 15.6. The number of benzene rings is 2. The van der Waals surface area contributed by atoms with Crippen molar-refractivity contribution in [1.29, 1.82) is 0 Å². The van der Waals surface area contributed by atoms with Gasteiger partial charge in [0.15, 0.2) is 0 Å². The molecule has 0 bridgehead atoms. The highest BCUT2D eigenvalue weighted by Crippen LogP contribution is 2.17. The summed E-state index contributed by atoms with van der Waals surface area (Å²) < 4.78 is 64.8. The molecule has 0 aliphatic carbocycles. The van der Waals surface area contributed by atoms with Gasteiger partial charge in [-0.15, -0.1) is 0 Å². The van der Waals surface area contributed by atoms with Crippen molar-refractivity contribution < 1.29 is 35.9 Å². The molecule has 38 heavy (non-hydrogen) atoms. The number of carbonyl (C=O) groups is 2. The third kappa shape index (κ3) is 10.0. The molecule has 208 valence electrons. The maximum absolute atomic E-state index is 12.4. The van der Waals surface area contributed by atoms with Crippen LogP contribution >= 0.6 is 0 Å². The second-order valence-corrected chi connectivity index (χ2v) is 13.5. The van der Waals surface area contributed by atoms with Crippen molar-refractivity contribution in [1.82, 2.24) is 9.44 Å². The fourth-order valence-corrected chi connectivity index (χ4v) is 4.74. The summed E-state index contributed by atoms with van der Waals surface area (Å²) in [5.41, 5.74) is 1.20. The molecule has 0 amide bonds. The summed E-state index contributed by atoms with van der Waals surface area (Å²) in [6.45, 7) is 5.51. The third-order valence-electron chi connectivity index (χ3n) is 5.40. The Hall–Kier alpha value is -3.06. The lowest BCUT2D eigenvalue weighted by Gasteiger charge is -2.20. The maximum Gasteiger partial charge on any atom is 0.331 e. The molecule has 0 saturated heterocycles. The van der Waals surface area contributed by atoms with Crippen molar-refractivity contribution in [3.8, 4) is 0 Å². The van der Waals surface area contributed by atoms with Crippen molar-refractivity contribution in [3.63, 3.8) is 0 Å². The number of hydrogen-bond donors (Lipinski definition) is 2. The highest BCUT2D eigenvalue weighted by Gasteiger charge is 2.25. The lowest BCUT2D eigenvalue weighted by molar-refractivity contribution is -0.141. The van der Waals surface area contributed by atoms with Crippen molar-refractivity contribution in [2.75, 3.05) is 13.2 Å². The first kappa shape index (κ1) is 31.2. The summed E-state index contributed by atoms with van der Waals surface area (Å²) in [4.78, 5) is 24.4. The Morgan fingerprint density at radius 1 is 0.658 bits per heavy atom. The Kier molecular flexibility index (Phi) is 11.6. The van der Waals surface area contributed by atoms with Gasteiger partial charge in [0.2, 0.25) is 20.0 Å². The molecule has 0 radical (unpaired) electrons. The van der Waals surface area contributed by atoms with Gasteiger partial charge in [0.25, 0.3) is 0 Å². The predicted molar refractivity (Wildman–Crippen MR) is 144 cm³/mol. The Bertz CT molecular complexity index is 1190. The van der Waals surface area contributed by atoms with Crippen LogP contribution in [0.25, 0.3) is 0 Å².